The Labute approximate surface area is 95.9 Å². The molecule has 0 aliphatic carbocycles. The van der Waals surface area contributed by atoms with E-state index in [9.17, 15) is 9.50 Å². The third-order valence-corrected chi connectivity index (χ3v) is 1.92. The summed E-state index contributed by atoms with van der Waals surface area (Å²) in [6, 6.07) is 6.10. The molecule has 1 rings (SSSR count). The molecule has 0 bridgehead atoms. The lowest BCUT2D eigenvalue weighted by Crippen LogP contribution is -1.98. The van der Waals surface area contributed by atoms with Crippen LogP contribution in [0.2, 0.25) is 0 Å². The van der Waals surface area contributed by atoms with E-state index < -0.39 is 0 Å². The standard InChI is InChI=1S/C14H17FO/c1-14(2,3)8-7-13(16)10-11-5-4-6-12(15)9-11/h4-10,16H,1-3H3/b8-7+,13-10+. The second kappa shape index (κ2) is 4.97. The van der Waals surface area contributed by atoms with Gasteiger partial charge in [-0.1, -0.05) is 39.0 Å². The van der Waals surface area contributed by atoms with Crippen LogP contribution in [-0.2, 0) is 0 Å². The van der Waals surface area contributed by atoms with E-state index in [1.807, 2.05) is 26.8 Å². The normalized spacial score (nSPS) is 13.4. The fourth-order valence-electron chi connectivity index (χ4n) is 1.15. The smallest absolute Gasteiger partial charge is 0.123 e. The molecule has 0 aliphatic heterocycles. The Morgan fingerprint density at radius 2 is 2.00 bits per heavy atom. The highest BCUT2D eigenvalue weighted by molar-refractivity contribution is 5.53. The van der Waals surface area contributed by atoms with Crippen molar-refractivity contribution in [3.05, 3.63) is 53.6 Å². The van der Waals surface area contributed by atoms with Crippen molar-refractivity contribution in [1.29, 1.82) is 0 Å². The maximum Gasteiger partial charge on any atom is 0.123 e. The average Bonchev–Trinajstić information content (AvgIpc) is 2.14. The molecule has 1 aromatic rings. The van der Waals surface area contributed by atoms with Gasteiger partial charge in [-0.05, 0) is 35.3 Å². The molecule has 1 aromatic carbocycles. The summed E-state index contributed by atoms with van der Waals surface area (Å²) in [5.74, 6) is -0.179. The maximum atomic E-state index is 12.9. The Morgan fingerprint density at radius 1 is 1.31 bits per heavy atom. The zero-order chi connectivity index (χ0) is 12.2. The number of aliphatic hydroxyl groups is 1. The first kappa shape index (κ1) is 12.5. The molecular weight excluding hydrogens is 203 g/mol. The molecule has 0 heterocycles. The van der Waals surface area contributed by atoms with E-state index in [0.717, 1.165) is 0 Å². The van der Waals surface area contributed by atoms with Crippen molar-refractivity contribution in [3.63, 3.8) is 0 Å². The monoisotopic (exact) mass is 220 g/mol. The van der Waals surface area contributed by atoms with Gasteiger partial charge >= 0.3 is 0 Å². The quantitative estimate of drug-likeness (QED) is 0.581. The van der Waals surface area contributed by atoms with Gasteiger partial charge in [-0.3, -0.25) is 0 Å². The lowest BCUT2D eigenvalue weighted by molar-refractivity contribution is 0.434. The van der Waals surface area contributed by atoms with Crippen molar-refractivity contribution in [2.75, 3.05) is 0 Å². The SMILES string of the molecule is CC(C)(C)/C=C/C(O)=C\c1cccc(F)c1. The highest BCUT2D eigenvalue weighted by atomic mass is 19.1. The Balaban J connectivity index is 2.81. The third-order valence-electron chi connectivity index (χ3n) is 1.92. The minimum absolute atomic E-state index is 0.0176. The Kier molecular flexibility index (Phi) is 3.88. The molecule has 0 spiro atoms. The highest BCUT2D eigenvalue weighted by Crippen LogP contribution is 2.16. The number of hydrogen-bond donors (Lipinski definition) is 1. The molecule has 0 aliphatic rings. The molecule has 0 aromatic heterocycles. The average molecular weight is 220 g/mol. The first-order valence-corrected chi connectivity index (χ1v) is 5.22. The van der Waals surface area contributed by atoms with E-state index >= 15 is 0 Å². The maximum absolute atomic E-state index is 12.9. The Bertz CT molecular complexity index is 411. The number of allylic oxidation sites excluding steroid dienone is 2. The topological polar surface area (TPSA) is 20.2 Å². The van der Waals surface area contributed by atoms with Crippen LogP contribution in [0.25, 0.3) is 6.08 Å². The number of rotatable bonds is 2. The second-order valence-corrected chi connectivity index (χ2v) is 4.82. The predicted octanol–water partition coefficient (Wildman–Crippen LogP) is 4.33. The summed E-state index contributed by atoms with van der Waals surface area (Å²) in [4.78, 5) is 0. The molecule has 0 radical (unpaired) electrons. The van der Waals surface area contributed by atoms with Crippen LogP contribution in [0, 0.1) is 11.2 Å². The van der Waals surface area contributed by atoms with Crippen molar-refractivity contribution in [2.24, 2.45) is 5.41 Å². The van der Waals surface area contributed by atoms with Crippen LogP contribution in [0.3, 0.4) is 0 Å². The van der Waals surface area contributed by atoms with Crippen molar-refractivity contribution in [1.82, 2.24) is 0 Å². The van der Waals surface area contributed by atoms with Crippen molar-refractivity contribution in [2.45, 2.75) is 20.8 Å². The summed E-state index contributed by atoms with van der Waals surface area (Å²) in [5, 5.41) is 9.61. The van der Waals surface area contributed by atoms with E-state index in [4.69, 9.17) is 0 Å². The summed E-state index contributed by atoms with van der Waals surface area (Å²) in [7, 11) is 0. The largest absolute Gasteiger partial charge is 0.508 e. The molecular formula is C14H17FO. The van der Waals surface area contributed by atoms with Crippen molar-refractivity contribution in [3.8, 4) is 0 Å². The van der Waals surface area contributed by atoms with Gasteiger partial charge in [0.05, 0.1) is 0 Å². The van der Waals surface area contributed by atoms with Crippen LogP contribution in [0.5, 0.6) is 0 Å². The van der Waals surface area contributed by atoms with E-state index in [2.05, 4.69) is 0 Å². The van der Waals surface area contributed by atoms with E-state index in [-0.39, 0.29) is 17.0 Å². The Hall–Kier alpha value is -1.57. The van der Waals surface area contributed by atoms with Crippen LogP contribution >= 0.6 is 0 Å². The number of benzene rings is 1. The van der Waals surface area contributed by atoms with Gasteiger partial charge in [0.1, 0.15) is 11.6 Å². The van der Waals surface area contributed by atoms with Gasteiger partial charge in [0, 0.05) is 0 Å². The number of hydrogen-bond acceptors (Lipinski definition) is 1. The Morgan fingerprint density at radius 3 is 2.56 bits per heavy atom. The zero-order valence-corrected chi connectivity index (χ0v) is 9.87. The van der Waals surface area contributed by atoms with Crippen LogP contribution in [0.4, 0.5) is 4.39 Å². The molecule has 2 heteroatoms. The van der Waals surface area contributed by atoms with Gasteiger partial charge in [0.25, 0.3) is 0 Å². The van der Waals surface area contributed by atoms with Gasteiger partial charge in [-0.15, -0.1) is 0 Å². The van der Waals surface area contributed by atoms with Crippen LogP contribution in [0.1, 0.15) is 26.3 Å². The second-order valence-electron chi connectivity index (χ2n) is 4.82. The van der Waals surface area contributed by atoms with Gasteiger partial charge in [0.15, 0.2) is 0 Å². The molecule has 0 saturated carbocycles. The summed E-state index contributed by atoms with van der Waals surface area (Å²) >= 11 is 0. The molecule has 1 nitrogen and oxygen atoms in total. The molecule has 1 N–H and O–H groups in total. The van der Waals surface area contributed by atoms with Gasteiger partial charge in [-0.2, -0.15) is 0 Å². The molecule has 0 unspecified atom stereocenters. The molecule has 16 heavy (non-hydrogen) atoms. The first-order chi connectivity index (χ1) is 7.37. The lowest BCUT2D eigenvalue weighted by atomic mass is 9.96. The highest BCUT2D eigenvalue weighted by Gasteiger charge is 2.03. The van der Waals surface area contributed by atoms with Gasteiger partial charge in [0.2, 0.25) is 0 Å². The number of halogens is 1. The zero-order valence-electron chi connectivity index (χ0n) is 9.87. The fourth-order valence-corrected chi connectivity index (χ4v) is 1.15. The predicted molar refractivity (Wildman–Crippen MR) is 65.6 cm³/mol. The number of aliphatic hydroxyl groups excluding tert-OH is 1. The third kappa shape index (κ3) is 4.78. The first-order valence-electron chi connectivity index (χ1n) is 5.22. The summed E-state index contributed by atoms with van der Waals surface area (Å²) < 4.78 is 12.9. The van der Waals surface area contributed by atoms with Gasteiger partial charge in [-0.25, -0.2) is 4.39 Å². The molecule has 0 fully saturated rings. The fraction of sp³-hybridized carbons (Fsp3) is 0.286. The van der Waals surface area contributed by atoms with E-state index in [1.54, 1.807) is 18.2 Å². The molecule has 0 saturated heterocycles. The lowest BCUT2D eigenvalue weighted by Gasteiger charge is -2.10. The summed E-state index contributed by atoms with van der Waals surface area (Å²) in [6.45, 7) is 6.12. The van der Waals surface area contributed by atoms with Gasteiger partial charge < -0.3 is 5.11 Å². The molecule has 0 atom stereocenters. The minimum Gasteiger partial charge on any atom is -0.508 e. The summed E-state index contributed by atoms with van der Waals surface area (Å²) in [5.41, 5.74) is 0.667. The van der Waals surface area contributed by atoms with E-state index in [0.29, 0.717) is 5.56 Å². The van der Waals surface area contributed by atoms with Crippen LogP contribution < -0.4 is 0 Å². The molecule has 86 valence electrons. The van der Waals surface area contributed by atoms with E-state index in [1.165, 1.54) is 18.2 Å². The minimum atomic E-state index is -0.304. The van der Waals surface area contributed by atoms with Crippen molar-refractivity contribution < 1.29 is 9.50 Å². The van der Waals surface area contributed by atoms with Crippen LogP contribution in [-0.4, -0.2) is 5.11 Å². The molecule has 0 amide bonds. The van der Waals surface area contributed by atoms with Crippen LogP contribution in [0.15, 0.2) is 42.2 Å². The van der Waals surface area contributed by atoms with Crippen molar-refractivity contribution >= 4 is 6.08 Å². The summed E-state index contributed by atoms with van der Waals surface area (Å²) in [6.07, 6.45) is 5.06.